The lowest BCUT2D eigenvalue weighted by atomic mass is 10.1. The highest BCUT2D eigenvalue weighted by Crippen LogP contribution is 2.33. The molecule has 1 rings (SSSR count). The van der Waals surface area contributed by atoms with E-state index < -0.39 is 0 Å². The lowest BCUT2D eigenvalue weighted by Gasteiger charge is -2.13. The molecule has 0 unspecified atom stereocenters. The van der Waals surface area contributed by atoms with Crippen LogP contribution in [0, 0.1) is 0 Å². The predicted octanol–water partition coefficient (Wildman–Crippen LogP) is 7.08. The Morgan fingerprint density at radius 1 is 0.640 bits per heavy atom. The molecule has 0 bridgehead atoms. The minimum atomic E-state index is 0.388. The summed E-state index contributed by atoms with van der Waals surface area (Å²) < 4.78 is 11.6. The maximum absolute atomic E-state index is 8.24. The molecule has 25 heavy (non-hydrogen) atoms. The van der Waals surface area contributed by atoms with Crippen LogP contribution < -0.4 is 15.2 Å². The van der Waals surface area contributed by atoms with Gasteiger partial charge in [-0.25, -0.2) is 0 Å². The summed E-state index contributed by atoms with van der Waals surface area (Å²) in [6.07, 6.45) is 15.0. The number of unbranched alkanes of at least 4 members (excludes halogenated alkanes) is 10. The molecule has 1 aromatic rings. The van der Waals surface area contributed by atoms with Gasteiger partial charge in [0.05, 0.1) is 13.2 Å². The van der Waals surface area contributed by atoms with E-state index in [1.54, 1.807) is 0 Å². The Morgan fingerprint density at radius 2 is 1.04 bits per heavy atom. The number of rotatable bonds is 16. The number of nitrogens with one attached hydrogen (secondary N) is 1. The SMILES string of the molecule is CCCCCCCCOc1cccc(OCCCCCCCC)c1[NH]. The first-order valence-electron chi connectivity index (χ1n) is 10.4. The van der Waals surface area contributed by atoms with Gasteiger partial charge in [0, 0.05) is 0 Å². The monoisotopic (exact) mass is 348 g/mol. The van der Waals surface area contributed by atoms with E-state index in [4.69, 9.17) is 15.2 Å². The average molecular weight is 349 g/mol. The second kappa shape index (κ2) is 14.9. The molecule has 0 amide bonds. The van der Waals surface area contributed by atoms with E-state index in [2.05, 4.69) is 13.8 Å². The van der Waals surface area contributed by atoms with Crippen molar-refractivity contribution in [2.45, 2.75) is 90.9 Å². The van der Waals surface area contributed by atoms with Crippen LogP contribution in [0.15, 0.2) is 18.2 Å². The van der Waals surface area contributed by atoms with Crippen molar-refractivity contribution in [3.63, 3.8) is 0 Å². The molecule has 0 fully saturated rings. The second-order valence-corrected chi connectivity index (χ2v) is 6.86. The van der Waals surface area contributed by atoms with Crippen LogP contribution in [0.2, 0.25) is 0 Å². The summed E-state index contributed by atoms with van der Waals surface area (Å²) in [5.74, 6) is 1.29. The number of benzene rings is 1. The lowest BCUT2D eigenvalue weighted by Crippen LogP contribution is -2.01. The Morgan fingerprint density at radius 3 is 1.48 bits per heavy atom. The molecule has 0 aliphatic rings. The molecule has 0 saturated carbocycles. The molecule has 0 spiro atoms. The van der Waals surface area contributed by atoms with E-state index >= 15 is 0 Å². The van der Waals surface area contributed by atoms with E-state index in [1.807, 2.05) is 18.2 Å². The highest BCUT2D eigenvalue weighted by atomic mass is 16.5. The van der Waals surface area contributed by atoms with E-state index in [1.165, 1.54) is 64.2 Å². The van der Waals surface area contributed by atoms with Crippen LogP contribution in [0.25, 0.3) is 0 Å². The van der Waals surface area contributed by atoms with Crippen molar-refractivity contribution in [1.29, 1.82) is 0 Å². The Kier molecular flexibility index (Phi) is 12.9. The molecule has 143 valence electrons. The van der Waals surface area contributed by atoms with Gasteiger partial charge in [0.1, 0.15) is 17.2 Å². The second-order valence-electron chi connectivity index (χ2n) is 6.86. The van der Waals surface area contributed by atoms with Crippen LogP contribution in [-0.2, 0) is 0 Å². The molecule has 0 heterocycles. The topological polar surface area (TPSA) is 42.3 Å². The normalized spacial score (nSPS) is 10.8. The first kappa shape index (κ1) is 21.7. The van der Waals surface area contributed by atoms with Crippen molar-refractivity contribution in [2.75, 3.05) is 13.2 Å². The summed E-state index contributed by atoms with van der Waals surface area (Å²) in [7, 11) is 0. The molecule has 0 aliphatic carbocycles. The predicted molar refractivity (Wildman–Crippen MR) is 107 cm³/mol. The summed E-state index contributed by atoms with van der Waals surface area (Å²) in [6, 6.07) is 5.67. The molecule has 3 nitrogen and oxygen atoms in total. The zero-order valence-corrected chi connectivity index (χ0v) is 16.4. The standard InChI is InChI=1S/C22H38NO2/c1-3-5-7-9-11-13-18-24-20-16-15-17-21(22(20)23)25-19-14-12-10-8-6-4-2/h15-17,23H,3-14,18-19H2,1-2H3. The minimum Gasteiger partial charge on any atom is -0.491 e. The highest BCUT2D eigenvalue weighted by molar-refractivity contribution is 5.59. The van der Waals surface area contributed by atoms with Crippen LogP contribution in [0.4, 0.5) is 5.69 Å². The third-order valence-electron chi connectivity index (χ3n) is 4.50. The maximum atomic E-state index is 8.24. The van der Waals surface area contributed by atoms with Crippen LogP contribution >= 0.6 is 0 Å². The van der Waals surface area contributed by atoms with E-state index in [-0.39, 0.29) is 0 Å². The highest BCUT2D eigenvalue weighted by Gasteiger charge is 2.08. The van der Waals surface area contributed by atoms with Crippen molar-refractivity contribution in [2.24, 2.45) is 0 Å². The van der Waals surface area contributed by atoms with Crippen molar-refractivity contribution in [3.05, 3.63) is 18.2 Å². The van der Waals surface area contributed by atoms with E-state index in [0.717, 1.165) is 12.8 Å². The fourth-order valence-corrected chi connectivity index (χ4v) is 2.88. The average Bonchev–Trinajstić information content (AvgIpc) is 2.62. The van der Waals surface area contributed by atoms with Gasteiger partial charge in [-0.1, -0.05) is 84.1 Å². The lowest BCUT2D eigenvalue weighted by molar-refractivity contribution is 0.291. The molecule has 3 heteroatoms. The number of hydrogen-bond donors (Lipinski definition) is 0. The zero-order valence-electron chi connectivity index (χ0n) is 16.4. The van der Waals surface area contributed by atoms with Crippen LogP contribution in [0.1, 0.15) is 90.9 Å². The molecule has 0 aromatic heterocycles. The molecular weight excluding hydrogens is 310 g/mol. The summed E-state index contributed by atoms with van der Waals surface area (Å²) in [4.78, 5) is 0. The molecule has 0 atom stereocenters. The van der Waals surface area contributed by atoms with Crippen molar-refractivity contribution in [3.8, 4) is 11.5 Å². The third kappa shape index (κ3) is 10.3. The van der Waals surface area contributed by atoms with Gasteiger partial charge in [-0.2, -0.15) is 0 Å². The number of ether oxygens (including phenoxy) is 2. The summed E-state index contributed by atoms with van der Waals surface area (Å²) >= 11 is 0. The first-order chi connectivity index (χ1) is 12.3. The first-order valence-corrected chi connectivity index (χ1v) is 10.4. The summed E-state index contributed by atoms with van der Waals surface area (Å²) in [6.45, 7) is 5.86. The van der Waals surface area contributed by atoms with Gasteiger partial charge in [0.2, 0.25) is 0 Å². The van der Waals surface area contributed by atoms with Gasteiger partial charge >= 0.3 is 0 Å². The Hall–Kier alpha value is -1.38. The van der Waals surface area contributed by atoms with Crippen LogP contribution in [0.5, 0.6) is 11.5 Å². The van der Waals surface area contributed by atoms with Gasteiger partial charge in [-0.05, 0) is 25.0 Å². The molecule has 1 N–H and O–H groups in total. The van der Waals surface area contributed by atoms with Gasteiger partial charge in [-0.3, -0.25) is 5.73 Å². The van der Waals surface area contributed by atoms with Crippen LogP contribution in [0.3, 0.4) is 0 Å². The molecule has 0 aliphatic heterocycles. The fourth-order valence-electron chi connectivity index (χ4n) is 2.88. The largest absolute Gasteiger partial charge is 0.491 e. The van der Waals surface area contributed by atoms with Gasteiger partial charge in [-0.15, -0.1) is 0 Å². The van der Waals surface area contributed by atoms with Crippen LogP contribution in [-0.4, -0.2) is 13.2 Å². The molecule has 0 saturated heterocycles. The van der Waals surface area contributed by atoms with Gasteiger partial charge in [0.15, 0.2) is 0 Å². The molecule has 1 aromatic carbocycles. The Bertz CT molecular complexity index is 398. The minimum absolute atomic E-state index is 0.388. The summed E-state index contributed by atoms with van der Waals surface area (Å²) in [5, 5.41) is 0. The van der Waals surface area contributed by atoms with E-state index in [0.29, 0.717) is 30.4 Å². The molecular formula is C22H38NO2. The van der Waals surface area contributed by atoms with Crippen molar-refractivity contribution < 1.29 is 9.47 Å². The van der Waals surface area contributed by atoms with Crippen molar-refractivity contribution in [1.82, 2.24) is 5.73 Å². The van der Waals surface area contributed by atoms with E-state index in [9.17, 15) is 0 Å². The fraction of sp³-hybridized carbons (Fsp3) is 0.727. The zero-order chi connectivity index (χ0) is 18.2. The third-order valence-corrected chi connectivity index (χ3v) is 4.50. The molecule has 1 radical (unpaired) electrons. The van der Waals surface area contributed by atoms with Crippen molar-refractivity contribution >= 4 is 5.69 Å². The Balaban J connectivity index is 2.21. The van der Waals surface area contributed by atoms with Gasteiger partial charge < -0.3 is 9.47 Å². The quantitative estimate of drug-likeness (QED) is 0.299. The maximum Gasteiger partial charge on any atom is 0.148 e. The smallest absolute Gasteiger partial charge is 0.148 e. The Labute approximate surface area is 155 Å². The van der Waals surface area contributed by atoms with Gasteiger partial charge in [0.25, 0.3) is 0 Å². The number of hydrogen-bond acceptors (Lipinski definition) is 2. The summed E-state index contributed by atoms with van der Waals surface area (Å²) in [5.41, 5.74) is 8.63.